The Hall–Kier alpha value is -1.28. The van der Waals surface area contributed by atoms with Crippen molar-refractivity contribution in [2.75, 3.05) is 18.8 Å². The van der Waals surface area contributed by atoms with Crippen LogP contribution in [0.25, 0.3) is 0 Å². The fourth-order valence-electron chi connectivity index (χ4n) is 2.56. The second-order valence-corrected chi connectivity index (χ2v) is 8.05. The number of hydrogen-bond acceptors (Lipinski definition) is 3. The van der Waals surface area contributed by atoms with Crippen LogP contribution in [-0.2, 0) is 14.6 Å². The standard InChI is InChI=1S/C14H15ClF3NO3S/c15-11-4-2-1-3-10(11)12-5-6-19(7-8-23(12,21)22)13(20)9-14(16,17)18/h1-4,12H,5-9H2/t12-/m0/s1. The van der Waals surface area contributed by atoms with E-state index in [1.165, 1.54) is 0 Å². The summed E-state index contributed by atoms with van der Waals surface area (Å²) in [5.74, 6) is -1.49. The third kappa shape index (κ3) is 4.60. The highest BCUT2D eigenvalue weighted by Gasteiger charge is 2.37. The summed E-state index contributed by atoms with van der Waals surface area (Å²) >= 11 is 6.03. The Morgan fingerprint density at radius 3 is 2.52 bits per heavy atom. The van der Waals surface area contributed by atoms with Crippen molar-refractivity contribution in [3.8, 4) is 0 Å². The summed E-state index contributed by atoms with van der Waals surface area (Å²) < 4.78 is 61.8. The third-order valence-corrected chi connectivity index (χ3v) is 6.15. The number of halogens is 4. The maximum absolute atomic E-state index is 12.4. The van der Waals surface area contributed by atoms with Crippen LogP contribution >= 0.6 is 11.6 Å². The Bertz CT molecular complexity index is 691. The molecule has 0 aliphatic carbocycles. The lowest BCUT2D eigenvalue weighted by atomic mass is 10.1. The van der Waals surface area contributed by atoms with E-state index < -0.39 is 33.6 Å². The van der Waals surface area contributed by atoms with Crippen molar-refractivity contribution in [1.82, 2.24) is 4.90 Å². The van der Waals surface area contributed by atoms with Gasteiger partial charge >= 0.3 is 6.18 Å². The summed E-state index contributed by atoms with van der Waals surface area (Å²) in [6.45, 7) is -0.289. The van der Waals surface area contributed by atoms with Crippen LogP contribution in [0.5, 0.6) is 0 Å². The van der Waals surface area contributed by atoms with Gasteiger partial charge in [-0.05, 0) is 18.1 Å². The quantitative estimate of drug-likeness (QED) is 0.805. The first-order valence-electron chi connectivity index (χ1n) is 6.91. The van der Waals surface area contributed by atoms with Crippen LogP contribution in [0.2, 0.25) is 5.02 Å². The summed E-state index contributed by atoms with van der Waals surface area (Å²) in [5.41, 5.74) is 0.416. The molecule has 0 saturated carbocycles. The van der Waals surface area contributed by atoms with Gasteiger partial charge in [0.2, 0.25) is 5.91 Å². The topological polar surface area (TPSA) is 54.5 Å². The normalized spacial score (nSPS) is 21.7. The predicted octanol–water partition coefficient (Wildman–Crippen LogP) is 2.98. The molecule has 4 nitrogen and oxygen atoms in total. The zero-order valence-corrected chi connectivity index (χ0v) is 13.6. The highest BCUT2D eigenvalue weighted by atomic mass is 35.5. The Morgan fingerprint density at radius 1 is 1.26 bits per heavy atom. The van der Waals surface area contributed by atoms with Gasteiger partial charge < -0.3 is 4.90 Å². The number of benzene rings is 1. The van der Waals surface area contributed by atoms with E-state index in [0.717, 1.165) is 4.90 Å². The van der Waals surface area contributed by atoms with Gasteiger partial charge in [0.05, 0.1) is 11.0 Å². The average molecular weight is 370 g/mol. The lowest BCUT2D eigenvalue weighted by Crippen LogP contribution is -2.36. The van der Waals surface area contributed by atoms with Gasteiger partial charge in [-0.3, -0.25) is 4.79 Å². The van der Waals surface area contributed by atoms with Crippen molar-refractivity contribution in [3.05, 3.63) is 34.9 Å². The predicted molar refractivity (Wildman–Crippen MR) is 79.8 cm³/mol. The summed E-state index contributed by atoms with van der Waals surface area (Å²) in [6.07, 6.45) is -6.16. The zero-order chi connectivity index (χ0) is 17.3. The van der Waals surface area contributed by atoms with Crippen LogP contribution < -0.4 is 0 Å². The summed E-state index contributed by atoms with van der Waals surface area (Å²) in [7, 11) is -3.61. The molecule has 2 rings (SSSR count). The van der Waals surface area contributed by atoms with E-state index in [1.54, 1.807) is 24.3 Å². The van der Waals surface area contributed by atoms with Gasteiger partial charge in [0.15, 0.2) is 9.84 Å². The fraction of sp³-hybridized carbons (Fsp3) is 0.500. The van der Waals surface area contributed by atoms with Gasteiger partial charge in [-0.2, -0.15) is 13.2 Å². The van der Waals surface area contributed by atoms with Crippen molar-refractivity contribution in [2.45, 2.75) is 24.3 Å². The van der Waals surface area contributed by atoms with Gasteiger partial charge in [0, 0.05) is 18.1 Å². The lowest BCUT2D eigenvalue weighted by Gasteiger charge is -2.20. The molecule has 0 aromatic heterocycles. The van der Waals surface area contributed by atoms with Crippen molar-refractivity contribution >= 4 is 27.3 Å². The Kier molecular flexibility index (Phi) is 5.25. The van der Waals surface area contributed by atoms with Gasteiger partial charge in [-0.15, -0.1) is 0 Å². The number of rotatable bonds is 2. The van der Waals surface area contributed by atoms with Gasteiger partial charge in [0.25, 0.3) is 0 Å². The SMILES string of the molecule is O=C(CC(F)(F)F)N1CC[C@@H](c2ccccc2Cl)S(=O)(=O)CC1. The molecule has 9 heteroatoms. The van der Waals surface area contributed by atoms with E-state index in [4.69, 9.17) is 11.6 Å². The Labute approximate surface area is 137 Å². The number of alkyl halides is 3. The molecule has 23 heavy (non-hydrogen) atoms. The zero-order valence-electron chi connectivity index (χ0n) is 12.0. The fourth-order valence-corrected chi connectivity index (χ4v) is 4.71. The molecule has 0 bridgehead atoms. The molecule has 1 fully saturated rings. The maximum atomic E-state index is 12.4. The molecule has 1 amide bonds. The van der Waals surface area contributed by atoms with Gasteiger partial charge in [-0.1, -0.05) is 29.8 Å². The molecule has 1 aromatic carbocycles. The van der Waals surface area contributed by atoms with Gasteiger partial charge in [0.1, 0.15) is 6.42 Å². The first kappa shape index (κ1) is 18.1. The van der Waals surface area contributed by atoms with E-state index in [2.05, 4.69) is 0 Å². The number of amides is 1. The highest BCUT2D eigenvalue weighted by molar-refractivity contribution is 7.91. The molecule has 1 aliphatic rings. The molecule has 1 heterocycles. The van der Waals surface area contributed by atoms with E-state index in [9.17, 15) is 26.4 Å². The van der Waals surface area contributed by atoms with Crippen LogP contribution in [0, 0.1) is 0 Å². The number of hydrogen-bond donors (Lipinski definition) is 0. The summed E-state index contributed by atoms with van der Waals surface area (Å²) in [5, 5.41) is -0.629. The van der Waals surface area contributed by atoms with E-state index >= 15 is 0 Å². The van der Waals surface area contributed by atoms with Gasteiger partial charge in [-0.25, -0.2) is 8.42 Å². The molecule has 1 aromatic rings. The van der Waals surface area contributed by atoms with Crippen molar-refractivity contribution in [1.29, 1.82) is 0 Å². The van der Waals surface area contributed by atoms with Crippen LogP contribution in [0.4, 0.5) is 13.2 Å². The number of sulfone groups is 1. The van der Waals surface area contributed by atoms with Crippen LogP contribution in [0.3, 0.4) is 0 Å². The van der Waals surface area contributed by atoms with E-state index in [1.807, 2.05) is 0 Å². The molecule has 128 valence electrons. The highest BCUT2D eigenvalue weighted by Crippen LogP contribution is 2.34. The molecule has 0 N–H and O–H groups in total. The van der Waals surface area contributed by atoms with Crippen LogP contribution in [-0.4, -0.2) is 44.2 Å². The molecule has 0 unspecified atom stereocenters. The molecule has 1 atom stereocenters. The first-order valence-corrected chi connectivity index (χ1v) is 9.00. The average Bonchev–Trinajstić information content (AvgIpc) is 2.56. The van der Waals surface area contributed by atoms with Crippen LogP contribution in [0.15, 0.2) is 24.3 Å². The molecule has 0 spiro atoms. The minimum Gasteiger partial charge on any atom is -0.341 e. The lowest BCUT2D eigenvalue weighted by molar-refractivity contribution is -0.161. The minimum atomic E-state index is -4.61. The monoisotopic (exact) mass is 369 g/mol. The Morgan fingerprint density at radius 2 is 1.91 bits per heavy atom. The minimum absolute atomic E-state index is 0.0235. The van der Waals surface area contributed by atoms with E-state index in [0.29, 0.717) is 5.56 Å². The number of carbonyl (C=O) groups is 1. The second kappa shape index (κ2) is 6.68. The second-order valence-electron chi connectivity index (χ2n) is 5.34. The number of nitrogens with zero attached hydrogens (tertiary/aromatic N) is 1. The molecular formula is C14H15ClF3NO3S. The van der Waals surface area contributed by atoms with Crippen molar-refractivity contribution < 1.29 is 26.4 Å². The van der Waals surface area contributed by atoms with Crippen LogP contribution in [0.1, 0.15) is 23.7 Å². The molecule has 1 aliphatic heterocycles. The summed E-state index contributed by atoms with van der Waals surface area (Å²) in [4.78, 5) is 12.6. The summed E-state index contributed by atoms with van der Waals surface area (Å²) in [6, 6.07) is 6.45. The molecule has 0 radical (unpaired) electrons. The molecular weight excluding hydrogens is 355 g/mol. The van der Waals surface area contributed by atoms with E-state index in [-0.39, 0.29) is 30.3 Å². The molecule has 1 saturated heterocycles. The van der Waals surface area contributed by atoms with Crippen molar-refractivity contribution in [2.24, 2.45) is 0 Å². The van der Waals surface area contributed by atoms with Crippen molar-refractivity contribution in [3.63, 3.8) is 0 Å². The number of carbonyl (C=O) groups excluding carboxylic acids is 1. The first-order chi connectivity index (χ1) is 10.6. The Balaban J connectivity index is 2.20. The maximum Gasteiger partial charge on any atom is 0.397 e. The smallest absolute Gasteiger partial charge is 0.341 e. The largest absolute Gasteiger partial charge is 0.397 e. The third-order valence-electron chi connectivity index (χ3n) is 3.70.